The molecule has 1 fully saturated rings. The van der Waals surface area contributed by atoms with Gasteiger partial charge >= 0.3 is 12.1 Å². The molecule has 45 heavy (non-hydrogen) atoms. The number of carbonyl (C=O) groups excluding carboxylic acids is 4. The molecule has 2 N–H and O–H groups in total. The molecular weight excluding hydrogens is 582 g/mol. The number of rotatable bonds is 10. The average molecular weight is 622 g/mol. The van der Waals surface area contributed by atoms with Crippen molar-refractivity contribution in [3.63, 3.8) is 0 Å². The van der Waals surface area contributed by atoms with Gasteiger partial charge in [-0.1, -0.05) is 24.3 Å². The van der Waals surface area contributed by atoms with Gasteiger partial charge in [0.05, 0.1) is 29.6 Å². The number of amides is 3. The Morgan fingerprint density at radius 3 is 2.58 bits per heavy atom. The second-order valence-corrected chi connectivity index (χ2v) is 12.0. The van der Waals surface area contributed by atoms with Crippen molar-refractivity contribution >= 4 is 51.6 Å². The molecule has 2 atom stereocenters. The number of hydrogen-bond donors (Lipinski definition) is 2. The fourth-order valence-electron chi connectivity index (χ4n) is 5.65. The van der Waals surface area contributed by atoms with E-state index in [0.29, 0.717) is 59.7 Å². The average Bonchev–Trinajstić information content (AvgIpc) is 3.49. The number of hydroxylamine groups is 2. The number of anilines is 1. The molecular formula is C32H39N5O8. The molecule has 2 aromatic heterocycles. The van der Waals surface area contributed by atoms with Crippen molar-refractivity contribution < 1.29 is 38.6 Å². The first-order chi connectivity index (χ1) is 21.5. The zero-order valence-electron chi connectivity index (χ0n) is 25.8. The second kappa shape index (κ2) is 13.7. The molecule has 0 bridgehead atoms. The number of aromatic nitrogens is 3. The lowest BCUT2D eigenvalue weighted by molar-refractivity contribution is -0.198. The van der Waals surface area contributed by atoms with E-state index in [0.717, 1.165) is 5.39 Å². The predicted octanol–water partition coefficient (Wildman–Crippen LogP) is 4.55. The molecule has 1 aliphatic heterocycles. The summed E-state index contributed by atoms with van der Waals surface area (Å²) in [7, 11) is 0. The van der Waals surface area contributed by atoms with Gasteiger partial charge in [-0.15, -0.1) is 5.06 Å². The first-order valence-electron chi connectivity index (χ1n) is 15.3. The first kappa shape index (κ1) is 32.0. The number of hydrogen-bond acceptors (Lipinski definition) is 10. The van der Waals surface area contributed by atoms with Crippen LogP contribution in [-0.2, 0) is 41.8 Å². The number of ether oxygens (including phenoxy) is 2. The van der Waals surface area contributed by atoms with Crippen molar-refractivity contribution in [1.82, 2.24) is 19.6 Å². The highest BCUT2D eigenvalue weighted by atomic mass is 16.7. The Bertz CT molecular complexity index is 1610. The number of fused-ring (bicyclic) bond motifs is 3. The van der Waals surface area contributed by atoms with Crippen LogP contribution in [-0.4, -0.2) is 66.9 Å². The maximum atomic E-state index is 13.2. The van der Waals surface area contributed by atoms with E-state index in [2.05, 4.69) is 10.3 Å². The molecule has 2 aliphatic rings. The lowest BCUT2D eigenvalue weighted by Crippen LogP contribution is -2.32. The number of pyridine rings is 1. The first-order valence-corrected chi connectivity index (χ1v) is 15.3. The zero-order chi connectivity index (χ0) is 32.1. The van der Waals surface area contributed by atoms with Crippen LogP contribution in [0, 0.1) is 5.92 Å². The Balaban J connectivity index is 1.30. The minimum Gasteiger partial charge on any atom is -0.442 e. The standard InChI is InChI=1S/C32H39N5O8/c1-4-43-18-24-34-28-29(36(24)19-32(2,3)42)22-11-7-8-12-23(22)33-30(28)35-31(41)44-21-10-6-5-9-20(13-14-21)17-27(40)45-37-25(38)15-16-26(37)39/h6-8,10-12,20-21,42H,4-5,9,13-19H2,1-3H3,(H,33,35,41)/b10-6+. The van der Waals surface area contributed by atoms with Crippen LogP contribution in [0.25, 0.3) is 21.9 Å². The van der Waals surface area contributed by atoms with Gasteiger partial charge in [-0.3, -0.25) is 14.9 Å². The molecule has 0 radical (unpaired) electrons. The lowest BCUT2D eigenvalue weighted by atomic mass is 9.90. The highest BCUT2D eigenvalue weighted by Crippen LogP contribution is 2.32. The molecule has 0 spiro atoms. The molecule has 3 aromatic rings. The summed E-state index contributed by atoms with van der Waals surface area (Å²) < 4.78 is 13.3. The SMILES string of the molecule is CCOCc1nc2c(NC(=O)OC3/C=C/CCC(CC(=O)ON4C(=O)CCC4=O)CC3)nc3ccccc3c2n1CC(C)(C)O. The van der Waals surface area contributed by atoms with E-state index < -0.39 is 35.6 Å². The summed E-state index contributed by atoms with van der Waals surface area (Å²) in [5, 5.41) is 14.9. The quantitative estimate of drug-likeness (QED) is 0.243. The van der Waals surface area contributed by atoms with Crippen molar-refractivity contribution in [2.45, 2.75) is 90.6 Å². The van der Waals surface area contributed by atoms with E-state index in [4.69, 9.17) is 19.3 Å². The number of allylic oxidation sites excluding steroid dienone is 1. The molecule has 3 heterocycles. The third kappa shape index (κ3) is 7.84. The lowest BCUT2D eigenvalue weighted by Gasteiger charge is -2.22. The fraction of sp³-hybridized carbons (Fsp3) is 0.500. The maximum Gasteiger partial charge on any atom is 0.413 e. The molecule has 3 amide bonds. The Morgan fingerprint density at radius 2 is 1.84 bits per heavy atom. The van der Waals surface area contributed by atoms with Gasteiger partial charge in [-0.2, -0.15) is 0 Å². The molecule has 1 saturated heterocycles. The largest absolute Gasteiger partial charge is 0.442 e. The van der Waals surface area contributed by atoms with Crippen molar-refractivity contribution in [3.8, 4) is 0 Å². The number of imidazole rings is 1. The molecule has 5 rings (SSSR count). The summed E-state index contributed by atoms with van der Waals surface area (Å²) in [5.41, 5.74) is 0.753. The van der Waals surface area contributed by atoms with Crippen LogP contribution in [0.5, 0.6) is 0 Å². The number of imide groups is 1. The van der Waals surface area contributed by atoms with E-state index in [1.54, 1.807) is 13.8 Å². The Kier molecular flexibility index (Phi) is 9.78. The second-order valence-electron chi connectivity index (χ2n) is 12.0. The van der Waals surface area contributed by atoms with E-state index >= 15 is 0 Å². The van der Waals surface area contributed by atoms with Crippen LogP contribution in [0.4, 0.5) is 10.6 Å². The van der Waals surface area contributed by atoms with Gasteiger partial charge in [-0.05, 0) is 64.5 Å². The monoisotopic (exact) mass is 621 g/mol. The third-order valence-electron chi connectivity index (χ3n) is 7.73. The highest BCUT2D eigenvalue weighted by Gasteiger charge is 2.33. The predicted molar refractivity (Wildman–Crippen MR) is 163 cm³/mol. The van der Waals surface area contributed by atoms with Crippen LogP contribution >= 0.6 is 0 Å². The van der Waals surface area contributed by atoms with Gasteiger partial charge in [0.15, 0.2) is 5.82 Å². The number of nitrogens with one attached hydrogen (secondary N) is 1. The van der Waals surface area contributed by atoms with E-state index in [9.17, 15) is 24.3 Å². The van der Waals surface area contributed by atoms with E-state index in [1.807, 2.05) is 47.9 Å². The van der Waals surface area contributed by atoms with Gasteiger partial charge in [0.1, 0.15) is 24.1 Å². The van der Waals surface area contributed by atoms with Gasteiger partial charge < -0.3 is 24.0 Å². The van der Waals surface area contributed by atoms with Crippen LogP contribution in [0.15, 0.2) is 36.4 Å². The Hall–Kier alpha value is -4.36. The Morgan fingerprint density at radius 1 is 1.09 bits per heavy atom. The molecule has 240 valence electrons. The van der Waals surface area contributed by atoms with E-state index in [1.165, 1.54) is 0 Å². The molecule has 13 heteroatoms. The van der Waals surface area contributed by atoms with Gasteiger partial charge in [0.2, 0.25) is 0 Å². The summed E-state index contributed by atoms with van der Waals surface area (Å²) in [5.74, 6) is -0.920. The smallest absolute Gasteiger partial charge is 0.413 e. The number of aliphatic hydroxyl groups is 1. The van der Waals surface area contributed by atoms with Crippen molar-refractivity contribution in [3.05, 3.63) is 42.2 Å². The van der Waals surface area contributed by atoms with Crippen molar-refractivity contribution in [1.29, 1.82) is 0 Å². The third-order valence-corrected chi connectivity index (χ3v) is 7.73. The number of benzene rings is 1. The number of carbonyl (C=O) groups is 4. The highest BCUT2D eigenvalue weighted by molar-refractivity contribution is 6.09. The van der Waals surface area contributed by atoms with Crippen molar-refractivity contribution in [2.24, 2.45) is 5.92 Å². The minimum atomic E-state index is -1.05. The normalized spacial score (nSPS) is 19.9. The summed E-state index contributed by atoms with van der Waals surface area (Å²) in [6, 6.07) is 7.51. The molecule has 1 aromatic carbocycles. The summed E-state index contributed by atoms with van der Waals surface area (Å²) in [4.78, 5) is 63.7. The number of para-hydroxylation sites is 1. The number of nitrogens with zero attached hydrogens (tertiary/aromatic N) is 4. The summed E-state index contributed by atoms with van der Waals surface area (Å²) in [6.45, 7) is 6.27. The van der Waals surface area contributed by atoms with Gasteiger partial charge in [0.25, 0.3) is 11.8 Å². The summed E-state index contributed by atoms with van der Waals surface area (Å²) in [6.07, 6.45) is 5.01. The molecule has 2 unspecified atom stereocenters. The van der Waals surface area contributed by atoms with Crippen LogP contribution in [0.3, 0.4) is 0 Å². The Labute approximate surface area is 260 Å². The molecule has 0 saturated carbocycles. The van der Waals surface area contributed by atoms with E-state index in [-0.39, 0.29) is 44.1 Å². The fourth-order valence-corrected chi connectivity index (χ4v) is 5.65. The van der Waals surface area contributed by atoms with Gasteiger partial charge in [0, 0.05) is 24.8 Å². The van der Waals surface area contributed by atoms with Crippen LogP contribution in [0.1, 0.15) is 71.5 Å². The molecule has 1 aliphatic carbocycles. The van der Waals surface area contributed by atoms with Crippen molar-refractivity contribution in [2.75, 3.05) is 11.9 Å². The minimum absolute atomic E-state index is 0.0405. The van der Waals surface area contributed by atoms with Crippen LogP contribution < -0.4 is 5.32 Å². The maximum absolute atomic E-state index is 13.2. The topological polar surface area (TPSA) is 162 Å². The summed E-state index contributed by atoms with van der Waals surface area (Å²) >= 11 is 0. The van der Waals surface area contributed by atoms with Gasteiger partial charge in [-0.25, -0.2) is 19.6 Å². The molecule has 13 nitrogen and oxygen atoms in total. The zero-order valence-corrected chi connectivity index (χ0v) is 25.8. The van der Waals surface area contributed by atoms with Crippen LogP contribution in [0.2, 0.25) is 0 Å².